The van der Waals surface area contributed by atoms with E-state index in [4.69, 9.17) is 21.1 Å². The largest absolute Gasteiger partial charge is 0.497 e. The normalized spacial score (nSPS) is 21.3. The summed E-state index contributed by atoms with van der Waals surface area (Å²) in [5.74, 6) is 1.62. The van der Waals surface area contributed by atoms with Gasteiger partial charge in [-0.05, 0) is 37.1 Å². The topological polar surface area (TPSA) is 66.1 Å². The van der Waals surface area contributed by atoms with E-state index in [2.05, 4.69) is 22.7 Å². The molecular formula is C23H29ClN4O3. The number of amides is 1. The Morgan fingerprint density at radius 3 is 2.52 bits per heavy atom. The van der Waals surface area contributed by atoms with E-state index in [9.17, 15) is 4.79 Å². The predicted octanol–water partition coefficient (Wildman–Crippen LogP) is 2.92. The number of piperazine rings is 1. The van der Waals surface area contributed by atoms with Crippen molar-refractivity contribution in [2.75, 3.05) is 45.3 Å². The van der Waals surface area contributed by atoms with Crippen LogP contribution in [0.4, 0.5) is 5.69 Å². The molecule has 166 valence electrons. The minimum Gasteiger partial charge on any atom is -0.497 e. The molecule has 8 heteroatoms. The van der Waals surface area contributed by atoms with Crippen molar-refractivity contribution in [2.45, 2.75) is 25.4 Å². The first-order chi connectivity index (χ1) is 15.0. The Hall–Kier alpha value is -2.48. The van der Waals surface area contributed by atoms with Gasteiger partial charge in [0.05, 0.1) is 20.3 Å². The molecule has 7 nitrogen and oxygen atoms in total. The molecule has 2 fully saturated rings. The minimum atomic E-state index is -0.267. The number of anilines is 1. The molecule has 0 radical (unpaired) electrons. The molecule has 2 aliphatic heterocycles. The van der Waals surface area contributed by atoms with Crippen LogP contribution in [-0.2, 0) is 4.79 Å². The highest BCUT2D eigenvalue weighted by Gasteiger charge is 2.35. The zero-order valence-electron chi connectivity index (χ0n) is 18.2. The SMILES string of the molecule is COc1ccc(C2CC(C(=O)N3CCN(c4cc(Cl)ccc4C)CC3)NN2)c(OC)c1. The van der Waals surface area contributed by atoms with Gasteiger partial charge in [0.2, 0.25) is 5.91 Å². The molecule has 0 spiro atoms. The van der Waals surface area contributed by atoms with Crippen LogP contribution in [0.3, 0.4) is 0 Å². The molecule has 1 amide bonds. The van der Waals surface area contributed by atoms with Crippen molar-refractivity contribution in [3.8, 4) is 11.5 Å². The molecule has 0 aromatic heterocycles. The quantitative estimate of drug-likeness (QED) is 0.739. The Balaban J connectivity index is 1.37. The Bertz CT molecular complexity index is 946. The third-order valence-corrected chi connectivity index (χ3v) is 6.36. The molecule has 2 saturated heterocycles. The number of methoxy groups -OCH3 is 2. The maximum atomic E-state index is 13.1. The summed E-state index contributed by atoms with van der Waals surface area (Å²) in [6.07, 6.45) is 0.662. The van der Waals surface area contributed by atoms with Gasteiger partial charge in [0.15, 0.2) is 0 Å². The van der Waals surface area contributed by atoms with Gasteiger partial charge in [-0.1, -0.05) is 23.7 Å². The highest BCUT2D eigenvalue weighted by atomic mass is 35.5. The van der Waals surface area contributed by atoms with Crippen LogP contribution >= 0.6 is 11.6 Å². The van der Waals surface area contributed by atoms with Gasteiger partial charge in [-0.25, -0.2) is 10.9 Å². The molecule has 0 saturated carbocycles. The van der Waals surface area contributed by atoms with E-state index >= 15 is 0 Å². The Labute approximate surface area is 188 Å². The molecule has 4 rings (SSSR count). The van der Waals surface area contributed by atoms with Crippen molar-refractivity contribution in [1.29, 1.82) is 0 Å². The molecule has 2 unspecified atom stereocenters. The minimum absolute atomic E-state index is 0.00907. The lowest BCUT2D eigenvalue weighted by molar-refractivity contribution is -0.133. The van der Waals surface area contributed by atoms with Gasteiger partial charge < -0.3 is 19.3 Å². The molecular weight excluding hydrogens is 416 g/mol. The number of benzene rings is 2. The highest BCUT2D eigenvalue weighted by molar-refractivity contribution is 6.30. The third-order valence-electron chi connectivity index (χ3n) is 6.12. The van der Waals surface area contributed by atoms with E-state index < -0.39 is 0 Å². The van der Waals surface area contributed by atoms with Crippen molar-refractivity contribution in [1.82, 2.24) is 15.8 Å². The molecule has 2 aromatic rings. The van der Waals surface area contributed by atoms with Gasteiger partial charge in [0.1, 0.15) is 17.5 Å². The van der Waals surface area contributed by atoms with Gasteiger partial charge >= 0.3 is 0 Å². The van der Waals surface area contributed by atoms with Crippen LogP contribution in [0.5, 0.6) is 11.5 Å². The molecule has 2 aromatic carbocycles. The van der Waals surface area contributed by atoms with Gasteiger partial charge in [0, 0.05) is 48.5 Å². The van der Waals surface area contributed by atoms with Gasteiger partial charge in [0.25, 0.3) is 0 Å². The number of halogens is 1. The number of aryl methyl sites for hydroxylation is 1. The van der Waals surface area contributed by atoms with Gasteiger partial charge in [-0.3, -0.25) is 4.79 Å². The molecule has 0 aliphatic carbocycles. The second-order valence-corrected chi connectivity index (χ2v) is 8.42. The fourth-order valence-corrected chi connectivity index (χ4v) is 4.51. The second-order valence-electron chi connectivity index (χ2n) is 7.98. The summed E-state index contributed by atoms with van der Waals surface area (Å²) >= 11 is 6.18. The van der Waals surface area contributed by atoms with E-state index in [0.717, 1.165) is 40.9 Å². The number of rotatable bonds is 5. The number of hydrogen-bond donors (Lipinski definition) is 2. The number of nitrogens with one attached hydrogen (secondary N) is 2. The second kappa shape index (κ2) is 9.34. The number of nitrogens with zero attached hydrogens (tertiary/aromatic N) is 2. The van der Waals surface area contributed by atoms with Crippen LogP contribution in [0, 0.1) is 6.92 Å². The van der Waals surface area contributed by atoms with Crippen molar-refractivity contribution in [3.05, 3.63) is 52.5 Å². The van der Waals surface area contributed by atoms with Gasteiger partial charge in [-0.2, -0.15) is 0 Å². The first-order valence-electron chi connectivity index (χ1n) is 10.5. The summed E-state index contributed by atoms with van der Waals surface area (Å²) in [6, 6.07) is 11.4. The average Bonchev–Trinajstić information content (AvgIpc) is 3.30. The van der Waals surface area contributed by atoms with E-state index in [1.165, 1.54) is 5.56 Å². The fraction of sp³-hybridized carbons (Fsp3) is 0.435. The smallest absolute Gasteiger partial charge is 0.241 e. The zero-order valence-corrected chi connectivity index (χ0v) is 18.9. The van der Waals surface area contributed by atoms with Crippen molar-refractivity contribution < 1.29 is 14.3 Å². The lowest BCUT2D eigenvalue weighted by Crippen LogP contribution is -2.53. The van der Waals surface area contributed by atoms with Crippen molar-refractivity contribution >= 4 is 23.2 Å². The number of ether oxygens (including phenoxy) is 2. The van der Waals surface area contributed by atoms with Crippen molar-refractivity contribution in [2.24, 2.45) is 0 Å². The highest BCUT2D eigenvalue weighted by Crippen LogP contribution is 2.33. The summed E-state index contributed by atoms with van der Waals surface area (Å²) in [5.41, 5.74) is 9.79. The van der Waals surface area contributed by atoms with Gasteiger partial charge in [-0.15, -0.1) is 0 Å². The maximum absolute atomic E-state index is 13.1. The number of carbonyl (C=O) groups excluding carboxylic acids is 1. The fourth-order valence-electron chi connectivity index (χ4n) is 4.34. The van der Waals surface area contributed by atoms with E-state index in [1.807, 2.05) is 41.3 Å². The Morgan fingerprint density at radius 1 is 1.03 bits per heavy atom. The third kappa shape index (κ3) is 4.59. The lowest BCUT2D eigenvalue weighted by atomic mass is 10.00. The molecule has 2 heterocycles. The Morgan fingerprint density at radius 2 is 1.81 bits per heavy atom. The number of hydrogen-bond acceptors (Lipinski definition) is 6. The van der Waals surface area contributed by atoms with Crippen LogP contribution in [0.25, 0.3) is 0 Å². The Kier molecular flexibility index (Phi) is 6.55. The zero-order chi connectivity index (χ0) is 22.0. The maximum Gasteiger partial charge on any atom is 0.241 e. The molecule has 31 heavy (non-hydrogen) atoms. The lowest BCUT2D eigenvalue weighted by Gasteiger charge is -2.37. The molecule has 2 N–H and O–H groups in total. The van der Waals surface area contributed by atoms with E-state index in [-0.39, 0.29) is 18.0 Å². The number of hydrazine groups is 1. The van der Waals surface area contributed by atoms with Crippen LogP contribution in [0.1, 0.15) is 23.6 Å². The molecule has 2 atom stereocenters. The van der Waals surface area contributed by atoms with Crippen LogP contribution in [0.2, 0.25) is 5.02 Å². The summed E-state index contributed by atoms with van der Waals surface area (Å²) < 4.78 is 10.8. The number of carbonyl (C=O) groups is 1. The van der Waals surface area contributed by atoms with Crippen molar-refractivity contribution in [3.63, 3.8) is 0 Å². The molecule has 0 bridgehead atoms. The van der Waals surface area contributed by atoms with Crippen LogP contribution < -0.4 is 25.2 Å². The first kappa shape index (κ1) is 21.7. The summed E-state index contributed by atoms with van der Waals surface area (Å²) in [4.78, 5) is 17.4. The summed E-state index contributed by atoms with van der Waals surface area (Å²) in [5, 5.41) is 0.736. The van der Waals surface area contributed by atoms with Crippen LogP contribution in [-0.4, -0.2) is 57.2 Å². The summed E-state index contributed by atoms with van der Waals surface area (Å²) in [7, 11) is 3.27. The predicted molar refractivity (Wildman–Crippen MR) is 122 cm³/mol. The van der Waals surface area contributed by atoms with Crippen LogP contribution in [0.15, 0.2) is 36.4 Å². The van der Waals surface area contributed by atoms with E-state index in [0.29, 0.717) is 19.5 Å². The van der Waals surface area contributed by atoms with E-state index in [1.54, 1.807) is 14.2 Å². The first-order valence-corrected chi connectivity index (χ1v) is 10.9. The average molecular weight is 445 g/mol. The summed E-state index contributed by atoms with van der Waals surface area (Å²) in [6.45, 7) is 5.06. The monoisotopic (exact) mass is 444 g/mol. The standard InChI is InChI=1S/C23H29ClN4O3/c1-15-4-5-16(24)12-21(15)27-8-10-28(11-9-27)23(29)20-14-19(25-26-20)18-7-6-17(30-2)13-22(18)31-3/h4-7,12-13,19-20,25-26H,8-11,14H2,1-3H3. The molecule has 2 aliphatic rings.